The second-order valence-corrected chi connectivity index (χ2v) is 8.36. The maximum atomic E-state index is 13.9. The maximum Gasteiger partial charge on any atom is 0.191 e. The smallest absolute Gasteiger partial charge is 0.191 e. The molecule has 27 heavy (non-hydrogen) atoms. The number of nitrogens with one attached hydrogen (secondary N) is 2. The Bertz CT molecular complexity index is 597. The zero-order valence-corrected chi connectivity index (χ0v) is 20.1. The predicted octanol–water partition coefficient (Wildman–Crippen LogP) is 4.23. The molecular weight excluding hydrogens is 474 g/mol. The van der Waals surface area contributed by atoms with Crippen LogP contribution < -0.4 is 10.6 Å². The van der Waals surface area contributed by atoms with E-state index in [1.165, 1.54) is 25.7 Å². The highest BCUT2D eigenvalue weighted by Crippen LogP contribution is 2.26. The number of benzene rings is 1. The van der Waals surface area contributed by atoms with Crippen molar-refractivity contribution in [2.24, 2.45) is 4.99 Å². The summed E-state index contributed by atoms with van der Waals surface area (Å²) in [6.45, 7) is 4.06. The van der Waals surface area contributed by atoms with Gasteiger partial charge in [-0.3, -0.25) is 0 Å². The minimum atomic E-state index is -0.151. The number of aliphatic imine (C=N–C) groups is 1. The van der Waals surface area contributed by atoms with Gasteiger partial charge in [-0.2, -0.15) is 11.8 Å². The molecule has 2 N–H and O–H groups in total. The zero-order valence-electron chi connectivity index (χ0n) is 16.9. The standard InChI is InChI=1S/C20H33FN4S.HI/c1-5-22-20(24-17-7-6-8-18(12-17)26-4)23-13-15-9-10-19(21)16(11-15)14-25(2)3;/h9-11,17-18H,5-8,12-14H2,1-4H3,(H2,22,23,24);1H. The van der Waals surface area contributed by atoms with Gasteiger partial charge in [-0.15, -0.1) is 24.0 Å². The number of thioether (sulfide) groups is 1. The molecule has 1 fully saturated rings. The minimum absolute atomic E-state index is 0. The molecule has 0 heterocycles. The molecule has 154 valence electrons. The van der Waals surface area contributed by atoms with Crippen LogP contribution in [0.2, 0.25) is 0 Å². The molecule has 0 aromatic heterocycles. The molecular formula is C20H34FIN4S. The largest absolute Gasteiger partial charge is 0.357 e. The molecule has 0 aliphatic heterocycles. The number of halogens is 2. The van der Waals surface area contributed by atoms with Gasteiger partial charge in [-0.25, -0.2) is 9.38 Å². The van der Waals surface area contributed by atoms with Crippen LogP contribution in [0.15, 0.2) is 23.2 Å². The molecule has 1 aliphatic rings. The molecule has 0 bridgehead atoms. The lowest BCUT2D eigenvalue weighted by atomic mass is 9.95. The van der Waals surface area contributed by atoms with E-state index in [1.807, 2.05) is 42.9 Å². The summed E-state index contributed by atoms with van der Waals surface area (Å²) in [5.74, 6) is 0.708. The first-order valence-corrected chi connectivity index (χ1v) is 10.8. The van der Waals surface area contributed by atoms with E-state index in [0.29, 0.717) is 19.1 Å². The summed E-state index contributed by atoms with van der Waals surface area (Å²) < 4.78 is 13.9. The van der Waals surface area contributed by atoms with E-state index in [0.717, 1.165) is 28.9 Å². The van der Waals surface area contributed by atoms with Crippen LogP contribution in [0.3, 0.4) is 0 Å². The molecule has 2 rings (SSSR count). The van der Waals surface area contributed by atoms with Crippen molar-refractivity contribution in [3.63, 3.8) is 0 Å². The van der Waals surface area contributed by atoms with E-state index >= 15 is 0 Å². The van der Waals surface area contributed by atoms with E-state index in [4.69, 9.17) is 4.99 Å². The second-order valence-electron chi connectivity index (χ2n) is 7.22. The van der Waals surface area contributed by atoms with E-state index < -0.39 is 0 Å². The Labute approximate surface area is 185 Å². The molecule has 1 aliphatic carbocycles. The van der Waals surface area contributed by atoms with Gasteiger partial charge in [0, 0.05) is 29.9 Å². The van der Waals surface area contributed by atoms with E-state index in [2.05, 4.69) is 23.8 Å². The highest BCUT2D eigenvalue weighted by atomic mass is 127. The lowest BCUT2D eigenvalue weighted by molar-refractivity contribution is 0.392. The average Bonchev–Trinajstić information content (AvgIpc) is 2.62. The summed E-state index contributed by atoms with van der Waals surface area (Å²) in [5.41, 5.74) is 1.75. The fraction of sp³-hybridized carbons (Fsp3) is 0.650. The molecule has 4 nitrogen and oxygen atoms in total. The first kappa shape index (κ1) is 24.5. The summed E-state index contributed by atoms with van der Waals surface area (Å²) in [7, 11) is 3.90. The van der Waals surface area contributed by atoms with E-state index in [-0.39, 0.29) is 29.8 Å². The minimum Gasteiger partial charge on any atom is -0.357 e. The maximum absolute atomic E-state index is 13.9. The molecule has 2 atom stereocenters. The van der Waals surface area contributed by atoms with E-state index in [9.17, 15) is 4.39 Å². The monoisotopic (exact) mass is 508 g/mol. The Hall–Kier alpha value is -0.540. The summed E-state index contributed by atoms with van der Waals surface area (Å²) in [5, 5.41) is 7.68. The van der Waals surface area contributed by atoms with Crippen LogP contribution in [0, 0.1) is 5.82 Å². The van der Waals surface area contributed by atoms with Gasteiger partial charge in [-0.1, -0.05) is 12.5 Å². The Balaban J connectivity index is 0.00000364. The number of hydrogen-bond donors (Lipinski definition) is 2. The molecule has 0 spiro atoms. The third-order valence-electron chi connectivity index (χ3n) is 4.66. The Kier molecular flexibility index (Phi) is 11.6. The van der Waals surface area contributed by atoms with Gasteiger partial charge in [-0.05, 0) is 64.2 Å². The molecule has 0 radical (unpaired) electrons. The third kappa shape index (κ3) is 8.56. The van der Waals surface area contributed by atoms with Crippen LogP contribution in [-0.2, 0) is 13.1 Å². The highest BCUT2D eigenvalue weighted by Gasteiger charge is 2.21. The summed E-state index contributed by atoms with van der Waals surface area (Å²) in [4.78, 5) is 6.70. The number of rotatable bonds is 7. The van der Waals surface area contributed by atoms with Gasteiger partial charge in [0.2, 0.25) is 0 Å². The van der Waals surface area contributed by atoms with Crippen LogP contribution in [-0.4, -0.2) is 49.0 Å². The second kappa shape index (κ2) is 12.8. The van der Waals surface area contributed by atoms with Gasteiger partial charge in [0.15, 0.2) is 5.96 Å². The van der Waals surface area contributed by atoms with Gasteiger partial charge >= 0.3 is 0 Å². The lowest BCUT2D eigenvalue weighted by Gasteiger charge is -2.29. The quantitative estimate of drug-likeness (QED) is 0.329. The van der Waals surface area contributed by atoms with Crippen molar-refractivity contribution in [3.8, 4) is 0 Å². The number of guanidine groups is 1. The van der Waals surface area contributed by atoms with Gasteiger partial charge in [0.05, 0.1) is 6.54 Å². The molecule has 0 amide bonds. The predicted molar refractivity (Wildman–Crippen MR) is 127 cm³/mol. The normalized spacial score (nSPS) is 20.3. The third-order valence-corrected chi connectivity index (χ3v) is 5.76. The van der Waals surface area contributed by atoms with Crippen molar-refractivity contribution >= 4 is 41.7 Å². The van der Waals surface area contributed by atoms with Crippen molar-refractivity contribution < 1.29 is 4.39 Å². The average molecular weight is 508 g/mol. The van der Waals surface area contributed by atoms with Crippen LogP contribution in [0.4, 0.5) is 4.39 Å². The lowest BCUT2D eigenvalue weighted by Crippen LogP contribution is -2.45. The first-order valence-electron chi connectivity index (χ1n) is 9.51. The fourth-order valence-corrected chi connectivity index (χ4v) is 4.19. The SMILES string of the molecule is CCNC(=NCc1ccc(F)c(CN(C)C)c1)NC1CCCC(SC)C1.I. The Morgan fingerprint density at radius 2 is 2.11 bits per heavy atom. The molecule has 1 saturated carbocycles. The van der Waals surface area contributed by atoms with Gasteiger partial charge in [0.25, 0.3) is 0 Å². The summed E-state index contributed by atoms with van der Waals surface area (Å²) >= 11 is 1.97. The Morgan fingerprint density at radius 3 is 2.78 bits per heavy atom. The van der Waals surface area contributed by atoms with Crippen molar-refractivity contribution in [1.29, 1.82) is 0 Å². The van der Waals surface area contributed by atoms with Crippen LogP contribution in [0.5, 0.6) is 0 Å². The fourth-order valence-electron chi connectivity index (χ4n) is 3.36. The van der Waals surface area contributed by atoms with Crippen LogP contribution in [0.1, 0.15) is 43.7 Å². The first-order chi connectivity index (χ1) is 12.5. The molecule has 7 heteroatoms. The molecule has 1 aromatic carbocycles. The zero-order chi connectivity index (χ0) is 18.9. The highest BCUT2D eigenvalue weighted by molar-refractivity contribution is 14.0. The topological polar surface area (TPSA) is 39.7 Å². The molecule has 1 aromatic rings. The van der Waals surface area contributed by atoms with Gasteiger partial charge < -0.3 is 15.5 Å². The van der Waals surface area contributed by atoms with Crippen molar-refractivity contribution in [1.82, 2.24) is 15.5 Å². The molecule has 0 saturated heterocycles. The van der Waals surface area contributed by atoms with Crippen molar-refractivity contribution in [2.75, 3.05) is 26.9 Å². The van der Waals surface area contributed by atoms with E-state index in [1.54, 1.807) is 6.07 Å². The number of nitrogens with zero attached hydrogens (tertiary/aromatic N) is 2. The summed E-state index contributed by atoms with van der Waals surface area (Å²) in [6.07, 6.45) is 7.18. The van der Waals surface area contributed by atoms with Crippen molar-refractivity contribution in [3.05, 3.63) is 35.1 Å². The van der Waals surface area contributed by atoms with Crippen molar-refractivity contribution in [2.45, 2.75) is 57.0 Å². The van der Waals surface area contributed by atoms with Crippen LogP contribution >= 0.6 is 35.7 Å². The van der Waals surface area contributed by atoms with Gasteiger partial charge in [0.1, 0.15) is 5.82 Å². The molecule has 2 unspecified atom stereocenters. The Morgan fingerprint density at radius 1 is 1.33 bits per heavy atom. The van der Waals surface area contributed by atoms with Crippen LogP contribution in [0.25, 0.3) is 0 Å². The summed E-state index contributed by atoms with van der Waals surface area (Å²) in [6, 6.07) is 5.78. The number of hydrogen-bond acceptors (Lipinski definition) is 3.